The first-order valence-electron chi connectivity index (χ1n) is 11.5. The summed E-state index contributed by atoms with van der Waals surface area (Å²) >= 11 is 0. The number of hydrogen-bond donors (Lipinski definition) is 4. The van der Waals surface area contributed by atoms with Crippen LogP contribution >= 0.6 is 0 Å². The number of rotatable bonds is 9. The van der Waals surface area contributed by atoms with Crippen LogP contribution < -0.4 is 21.3 Å². The second-order valence-corrected chi connectivity index (χ2v) is 7.90. The summed E-state index contributed by atoms with van der Waals surface area (Å²) in [5.74, 6) is 0.212. The zero-order valence-corrected chi connectivity index (χ0v) is 18.8. The molecule has 1 fully saturated rings. The van der Waals surface area contributed by atoms with Crippen molar-refractivity contribution < 1.29 is 14.3 Å². The van der Waals surface area contributed by atoms with E-state index in [2.05, 4.69) is 26.2 Å². The van der Waals surface area contributed by atoms with E-state index in [0.717, 1.165) is 77.2 Å². The summed E-state index contributed by atoms with van der Waals surface area (Å²) in [5, 5.41) is 13.1. The molecule has 1 aliphatic rings. The van der Waals surface area contributed by atoms with E-state index in [0.29, 0.717) is 6.54 Å². The number of hydrogen-bond acceptors (Lipinski definition) is 7. The summed E-state index contributed by atoms with van der Waals surface area (Å²) in [5.41, 5.74) is 0.966. The molecule has 1 aromatic carbocycles. The molecule has 2 rings (SSSR count). The first-order chi connectivity index (χ1) is 15.2. The van der Waals surface area contributed by atoms with Gasteiger partial charge in [0.2, 0.25) is 0 Å². The molecule has 1 atom stereocenters. The van der Waals surface area contributed by atoms with Crippen molar-refractivity contribution in [3.8, 4) is 0 Å². The molecule has 0 bridgehead atoms. The molecular formula is C23H39N5O3. The summed E-state index contributed by atoms with van der Waals surface area (Å²) in [4.78, 5) is 26.5. The summed E-state index contributed by atoms with van der Waals surface area (Å²) in [7, 11) is 0. The fourth-order valence-electron chi connectivity index (χ4n) is 3.67. The Hall–Kier alpha value is -2.00. The zero-order valence-electron chi connectivity index (χ0n) is 18.8. The predicted molar refractivity (Wildman–Crippen MR) is 123 cm³/mol. The highest BCUT2D eigenvalue weighted by molar-refractivity contribution is 5.81. The van der Waals surface area contributed by atoms with E-state index in [1.165, 1.54) is 0 Å². The van der Waals surface area contributed by atoms with Crippen LogP contribution in [0.3, 0.4) is 0 Å². The molecule has 1 saturated heterocycles. The van der Waals surface area contributed by atoms with Gasteiger partial charge in [0.05, 0.1) is 6.04 Å². The molecule has 31 heavy (non-hydrogen) atoms. The van der Waals surface area contributed by atoms with Crippen LogP contribution in [-0.2, 0) is 16.1 Å². The minimum atomic E-state index is -0.401. The molecule has 1 amide bonds. The maximum Gasteiger partial charge on any atom is 0.407 e. The van der Waals surface area contributed by atoms with Gasteiger partial charge in [-0.1, -0.05) is 30.3 Å². The fraction of sp³-hybridized carbons (Fsp3) is 0.652. The van der Waals surface area contributed by atoms with Crippen molar-refractivity contribution in [1.82, 2.24) is 26.2 Å². The Kier molecular flexibility index (Phi) is 12.8. The molecule has 0 aromatic heterocycles. The van der Waals surface area contributed by atoms with Gasteiger partial charge in [0, 0.05) is 58.9 Å². The maximum absolute atomic E-state index is 12.3. The maximum atomic E-state index is 12.3. The van der Waals surface area contributed by atoms with E-state index in [1.54, 1.807) is 6.92 Å². The smallest absolute Gasteiger partial charge is 0.407 e. The van der Waals surface area contributed by atoms with Crippen LogP contribution in [0.15, 0.2) is 30.3 Å². The lowest BCUT2D eigenvalue weighted by atomic mass is 10.0. The number of Topliss-reactive ketones (excluding diaryl/α,β-unsaturated/α-hetero) is 1. The van der Waals surface area contributed by atoms with Gasteiger partial charge in [-0.3, -0.25) is 9.69 Å². The number of amides is 1. The van der Waals surface area contributed by atoms with E-state index < -0.39 is 6.09 Å². The summed E-state index contributed by atoms with van der Waals surface area (Å²) in [6, 6.07) is 9.55. The molecule has 1 aromatic rings. The highest BCUT2D eigenvalue weighted by atomic mass is 16.5. The average Bonchev–Trinajstić information content (AvgIpc) is 2.76. The molecule has 4 N–H and O–H groups in total. The van der Waals surface area contributed by atoms with Crippen LogP contribution in [0.4, 0.5) is 4.79 Å². The molecule has 0 saturated carbocycles. The minimum Gasteiger partial charge on any atom is -0.445 e. The quantitative estimate of drug-likeness (QED) is 0.434. The van der Waals surface area contributed by atoms with Crippen LogP contribution in [0.5, 0.6) is 0 Å². The molecule has 0 aliphatic carbocycles. The summed E-state index contributed by atoms with van der Waals surface area (Å²) in [6.45, 7) is 9.75. The number of ketones is 1. The Bertz CT molecular complexity index is 617. The van der Waals surface area contributed by atoms with Crippen molar-refractivity contribution in [3.63, 3.8) is 0 Å². The minimum absolute atomic E-state index is 0.0744. The Labute approximate surface area is 186 Å². The number of benzene rings is 1. The molecule has 0 spiro atoms. The van der Waals surface area contributed by atoms with Gasteiger partial charge in [0.25, 0.3) is 0 Å². The highest BCUT2D eigenvalue weighted by Crippen LogP contribution is 2.10. The topological polar surface area (TPSA) is 94.7 Å². The van der Waals surface area contributed by atoms with E-state index in [1.807, 2.05) is 30.3 Å². The number of carbonyl (C=O) groups is 2. The Balaban J connectivity index is 1.67. The number of ether oxygens (including phenoxy) is 1. The van der Waals surface area contributed by atoms with Crippen LogP contribution in [0.25, 0.3) is 0 Å². The van der Waals surface area contributed by atoms with Crippen molar-refractivity contribution in [1.29, 1.82) is 0 Å². The first-order valence-corrected chi connectivity index (χ1v) is 11.5. The van der Waals surface area contributed by atoms with Crippen molar-refractivity contribution in [2.45, 2.75) is 38.8 Å². The summed E-state index contributed by atoms with van der Waals surface area (Å²) < 4.78 is 5.23. The Morgan fingerprint density at radius 3 is 2.19 bits per heavy atom. The standard InChI is InChI=1S/C23H39N5O3/c1-20(29)22(28-17-15-25-13-11-24-12-14-26-16-18-28)9-5-6-10-27-23(30)31-19-21-7-3-2-4-8-21/h2-4,7-8,22,24-26H,5-6,9-19H2,1H3,(H,27,30). The van der Waals surface area contributed by atoms with Crippen LogP contribution in [0.2, 0.25) is 0 Å². The van der Waals surface area contributed by atoms with Crippen LogP contribution in [0.1, 0.15) is 31.7 Å². The van der Waals surface area contributed by atoms with Crippen molar-refractivity contribution in [2.75, 3.05) is 58.9 Å². The number of alkyl carbamates (subject to hydrolysis) is 1. The van der Waals surface area contributed by atoms with E-state index in [9.17, 15) is 9.59 Å². The highest BCUT2D eigenvalue weighted by Gasteiger charge is 2.22. The van der Waals surface area contributed by atoms with Gasteiger partial charge in [-0.15, -0.1) is 0 Å². The normalized spacial score (nSPS) is 17.7. The van der Waals surface area contributed by atoms with E-state index in [4.69, 9.17) is 4.74 Å². The molecule has 8 nitrogen and oxygen atoms in total. The zero-order chi connectivity index (χ0) is 22.2. The largest absolute Gasteiger partial charge is 0.445 e. The van der Waals surface area contributed by atoms with Gasteiger partial charge in [0.1, 0.15) is 12.4 Å². The Morgan fingerprint density at radius 2 is 1.58 bits per heavy atom. The van der Waals surface area contributed by atoms with Crippen molar-refractivity contribution in [2.24, 2.45) is 0 Å². The van der Waals surface area contributed by atoms with Crippen LogP contribution in [-0.4, -0.2) is 81.7 Å². The van der Waals surface area contributed by atoms with Gasteiger partial charge in [-0.25, -0.2) is 4.79 Å². The molecule has 0 radical (unpaired) electrons. The lowest BCUT2D eigenvalue weighted by Crippen LogP contribution is -2.48. The predicted octanol–water partition coefficient (Wildman–Crippen LogP) is 1.13. The Morgan fingerprint density at radius 1 is 0.968 bits per heavy atom. The van der Waals surface area contributed by atoms with Gasteiger partial charge in [-0.2, -0.15) is 0 Å². The third kappa shape index (κ3) is 11.3. The average molecular weight is 434 g/mol. The van der Waals surface area contributed by atoms with Gasteiger partial charge in [0.15, 0.2) is 0 Å². The van der Waals surface area contributed by atoms with Gasteiger partial charge < -0.3 is 26.0 Å². The van der Waals surface area contributed by atoms with E-state index >= 15 is 0 Å². The van der Waals surface area contributed by atoms with Crippen molar-refractivity contribution in [3.05, 3.63) is 35.9 Å². The lowest BCUT2D eigenvalue weighted by Gasteiger charge is -2.31. The van der Waals surface area contributed by atoms with Crippen LogP contribution in [0, 0.1) is 0 Å². The van der Waals surface area contributed by atoms with E-state index in [-0.39, 0.29) is 18.4 Å². The second kappa shape index (κ2) is 15.8. The molecular weight excluding hydrogens is 394 g/mol. The third-order valence-corrected chi connectivity index (χ3v) is 5.41. The number of nitrogens with zero attached hydrogens (tertiary/aromatic N) is 1. The first kappa shape index (κ1) is 25.3. The number of carbonyl (C=O) groups excluding carboxylic acids is 2. The molecule has 174 valence electrons. The van der Waals surface area contributed by atoms with Gasteiger partial charge in [-0.05, 0) is 31.7 Å². The SMILES string of the molecule is CC(=O)C(CCCCNC(=O)OCc1ccccc1)N1CCNCCNCCNCC1. The summed E-state index contributed by atoms with van der Waals surface area (Å²) in [6.07, 6.45) is 2.10. The van der Waals surface area contributed by atoms with Crippen molar-refractivity contribution >= 4 is 11.9 Å². The molecule has 1 unspecified atom stereocenters. The third-order valence-electron chi connectivity index (χ3n) is 5.41. The molecule has 1 heterocycles. The fourth-order valence-corrected chi connectivity index (χ4v) is 3.67. The monoisotopic (exact) mass is 433 g/mol. The molecule has 1 aliphatic heterocycles. The lowest BCUT2D eigenvalue weighted by molar-refractivity contribution is -0.122. The number of unbranched alkanes of at least 4 members (excludes halogenated alkanes) is 1. The second-order valence-electron chi connectivity index (χ2n) is 7.90. The number of nitrogens with one attached hydrogen (secondary N) is 4. The van der Waals surface area contributed by atoms with Gasteiger partial charge >= 0.3 is 6.09 Å². The molecule has 8 heteroatoms.